The van der Waals surface area contributed by atoms with Gasteiger partial charge in [-0.15, -0.1) is 11.8 Å². The molecule has 1 amide bonds. The van der Waals surface area contributed by atoms with Crippen molar-refractivity contribution in [1.82, 2.24) is 4.90 Å². The summed E-state index contributed by atoms with van der Waals surface area (Å²) in [6.07, 6.45) is 0.642. The van der Waals surface area contributed by atoms with Crippen LogP contribution in [0.3, 0.4) is 0 Å². The molecule has 0 saturated carbocycles. The minimum atomic E-state index is -0.684. The first-order valence-corrected chi connectivity index (χ1v) is 9.44. The Balaban J connectivity index is 1.56. The van der Waals surface area contributed by atoms with Crippen molar-refractivity contribution in [3.63, 3.8) is 0 Å². The van der Waals surface area contributed by atoms with E-state index in [1.54, 1.807) is 12.3 Å². The maximum absolute atomic E-state index is 12.5. The van der Waals surface area contributed by atoms with Crippen molar-refractivity contribution in [3.05, 3.63) is 47.5 Å². The van der Waals surface area contributed by atoms with Gasteiger partial charge in [-0.05, 0) is 24.6 Å². The second kappa shape index (κ2) is 7.97. The number of fused-ring (bicyclic) bond motifs is 1. The highest BCUT2D eigenvalue weighted by atomic mass is 32.2. The van der Waals surface area contributed by atoms with Gasteiger partial charge in [0.2, 0.25) is 5.91 Å². The van der Waals surface area contributed by atoms with Crippen LogP contribution in [-0.4, -0.2) is 51.0 Å². The highest BCUT2D eigenvalue weighted by molar-refractivity contribution is 8.03. The number of amides is 1. The first-order valence-electron chi connectivity index (χ1n) is 8.50. The van der Waals surface area contributed by atoms with Gasteiger partial charge < -0.3 is 19.7 Å². The fourth-order valence-electron chi connectivity index (χ4n) is 3.03. The number of aromatic hydroxyl groups is 2. The van der Waals surface area contributed by atoms with E-state index in [1.165, 1.54) is 40.9 Å². The van der Waals surface area contributed by atoms with Gasteiger partial charge in [-0.1, -0.05) is 18.7 Å². The molecule has 28 heavy (non-hydrogen) atoms. The number of hydrogen-bond acceptors (Lipinski definition) is 8. The number of phenols is 2. The third-order valence-corrected chi connectivity index (χ3v) is 5.56. The number of ether oxygens (including phenoxy) is 2. The highest BCUT2D eigenvalue weighted by Crippen LogP contribution is 2.46. The molecule has 1 fully saturated rings. The quantitative estimate of drug-likeness (QED) is 0.305. The van der Waals surface area contributed by atoms with E-state index in [-0.39, 0.29) is 41.5 Å². The van der Waals surface area contributed by atoms with Gasteiger partial charge in [-0.3, -0.25) is 14.5 Å². The highest BCUT2D eigenvalue weighted by Gasteiger charge is 2.56. The van der Waals surface area contributed by atoms with Crippen LogP contribution in [0.25, 0.3) is 0 Å². The fourth-order valence-corrected chi connectivity index (χ4v) is 4.36. The Morgan fingerprint density at radius 2 is 2.11 bits per heavy atom. The molecule has 0 aliphatic carbocycles. The van der Waals surface area contributed by atoms with Crippen LogP contribution in [0.15, 0.2) is 42.0 Å². The standard InChI is InChI=1S/C19H19NO7S/c1-3-6-26-19(25)12-9-28-18-16(17(24)20(12)18)10(2)27-15(23)8-11-4-5-13(21)14(22)7-11/h3-5,7,9-10,16,18,21-22H,1,6,8H2,2H3/t10?,16-,18-/m0/s1. The molecule has 1 saturated heterocycles. The summed E-state index contributed by atoms with van der Waals surface area (Å²) < 4.78 is 10.3. The molecule has 8 nitrogen and oxygen atoms in total. The summed E-state index contributed by atoms with van der Waals surface area (Å²) in [7, 11) is 0. The normalized spacial score (nSPS) is 21.2. The van der Waals surface area contributed by atoms with E-state index >= 15 is 0 Å². The average Bonchev–Trinajstić information content (AvgIpc) is 3.02. The van der Waals surface area contributed by atoms with E-state index in [0.29, 0.717) is 5.56 Å². The Kier molecular flexibility index (Phi) is 5.64. The van der Waals surface area contributed by atoms with Crippen molar-refractivity contribution < 1.29 is 34.1 Å². The van der Waals surface area contributed by atoms with Gasteiger partial charge >= 0.3 is 11.9 Å². The number of hydrogen-bond donors (Lipinski definition) is 2. The average molecular weight is 405 g/mol. The molecule has 2 aliphatic heterocycles. The minimum Gasteiger partial charge on any atom is -0.504 e. The maximum Gasteiger partial charge on any atom is 0.355 e. The van der Waals surface area contributed by atoms with Crippen molar-refractivity contribution in [2.24, 2.45) is 5.92 Å². The first-order chi connectivity index (χ1) is 13.3. The summed E-state index contributed by atoms with van der Waals surface area (Å²) >= 11 is 1.30. The smallest absolute Gasteiger partial charge is 0.355 e. The van der Waals surface area contributed by atoms with Crippen LogP contribution in [0.2, 0.25) is 0 Å². The first kappa shape index (κ1) is 19.8. The number of phenolic OH excluding ortho intramolecular Hbond substituents is 2. The molecule has 1 unspecified atom stereocenters. The predicted molar refractivity (Wildman–Crippen MR) is 100.0 cm³/mol. The summed E-state index contributed by atoms with van der Waals surface area (Å²) in [5, 5.41) is 20.0. The molecule has 2 heterocycles. The predicted octanol–water partition coefficient (Wildman–Crippen LogP) is 1.67. The van der Waals surface area contributed by atoms with Crippen LogP contribution in [0.5, 0.6) is 11.5 Å². The number of rotatable bonds is 7. The molecule has 148 valence electrons. The van der Waals surface area contributed by atoms with Gasteiger partial charge in [-0.2, -0.15) is 0 Å². The Hall–Kier alpha value is -2.94. The van der Waals surface area contributed by atoms with Crippen LogP contribution in [-0.2, 0) is 30.3 Å². The second-order valence-corrected chi connectivity index (χ2v) is 7.34. The van der Waals surface area contributed by atoms with Crippen molar-refractivity contribution >= 4 is 29.6 Å². The van der Waals surface area contributed by atoms with Gasteiger partial charge in [0.25, 0.3) is 0 Å². The molecule has 9 heteroatoms. The molecule has 0 aromatic heterocycles. The van der Waals surface area contributed by atoms with E-state index in [2.05, 4.69) is 6.58 Å². The third kappa shape index (κ3) is 3.70. The zero-order valence-corrected chi connectivity index (χ0v) is 15.8. The van der Waals surface area contributed by atoms with Crippen molar-refractivity contribution in [3.8, 4) is 11.5 Å². The van der Waals surface area contributed by atoms with Crippen LogP contribution in [0.4, 0.5) is 0 Å². The van der Waals surface area contributed by atoms with Gasteiger partial charge in [0, 0.05) is 5.41 Å². The number of esters is 2. The molecule has 0 bridgehead atoms. The monoisotopic (exact) mass is 405 g/mol. The maximum atomic E-state index is 12.5. The van der Waals surface area contributed by atoms with E-state index in [9.17, 15) is 24.6 Å². The lowest BCUT2D eigenvalue weighted by Gasteiger charge is -2.44. The third-order valence-electron chi connectivity index (χ3n) is 4.42. The number of carbonyl (C=O) groups is 3. The zero-order chi connectivity index (χ0) is 20.4. The molecule has 1 aromatic rings. The Labute approximate surface area is 165 Å². The SMILES string of the molecule is C=CCOC(=O)C1=CS[C@H]2[C@@H](C(C)OC(=O)Cc3ccc(O)c(O)c3)C(=O)N12. The lowest BCUT2D eigenvalue weighted by atomic mass is 9.92. The van der Waals surface area contributed by atoms with Crippen LogP contribution in [0, 0.1) is 5.92 Å². The Morgan fingerprint density at radius 3 is 2.79 bits per heavy atom. The lowest BCUT2D eigenvalue weighted by Crippen LogP contribution is -2.61. The molecule has 3 rings (SSSR count). The van der Waals surface area contributed by atoms with Gasteiger partial charge in [0.1, 0.15) is 29.7 Å². The van der Waals surface area contributed by atoms with Crippen molar-refractivity contribution in [2.45, 2.75) is 24.8 Å². The van der Waals surface area contributed by atoms with Crippen LogP contribution >= 0.6 is 11.8 Å². The molecular weight excluding hydrogens is 386 g/mol. The Morgan fingerprint density at radius 1 is 1.36 bits per heavy atom. The largest absolute Gasteiger partial charge is 0.504 e. The molecule has 2 aliphatic rings. The molecule has 0 radical (unpaired) electrons. The number of benzene rings is 1. The topological polar surface area (TPSA) is 113 Å². The number of β-lactam (4-membered cyclic amide) rings is 1. The lowest BCUT2D eigenvalue weighted by molar-refractivity contribution is -0.166. The number of nitrogens with zero attached hydrogens (tertiary/aromatic N) is 1. The molecular formula is C19H19NO7S. The zero-order valence-electron chi connectivity index (χ0n) is 15.0. The van der Waals surface area contributed by atoms with Crippen molar-refractivity contribution in [2.75, 3.05) is 6.61 Å². The van der Waals surface area contributed by atoms with Gasteiger partial charge in [-0.25, -0.2) is 4.79 Å². The van der Waals surface area contributed by atoms with E-state index < -0.39 is 24.0 Å². The molecule has 2 N–H and O–H groups in total. The summed E-state index contributed by atoms with van der Waals surface area (Å²) in [4.78, 5) is 38.0. The Bertz CT molecular complexity index is 866. The minimum absolute atomic E-state index is 0.0534. The molecule has 0 spiro atoms. The van der Waals surface area contributed by atoms with E-state index in [4.69, 9.17) is 9.47 Å². The van der Waals surface area contributed by atoms with Crippen LogP contribution < -0.4 is 0 Å². The van der Waals surface area contributed by atoms with Crippen LogP contribution in [0.1, 0.15) is 12.5 Å². The number of thioether (sulfide) groups is 1. The fraction of sp³-hybridized carbons (Fsp3) is 0.316. The summed E-state index contributed by atoms with van der Waals surface area (Å²) in [6, 6.07) is 4.05. The molecule has 3 atom stereocenters. The molecule has 1 aromatic carbocycles. The number of carbonyl (C=O) groups excluding carboxylic acids is 3. The summed E-state index contributed by atoms with van der Waals surface area (Å²) in [6.45, 7) is 5.15. The van der Waals surface area contributed by atoms with Crippen molar-refractivity contribution in [1.29, 1.82) is 0 Å². The second-order valence-electron chi connectivity index (χ2n) is 6.35. The van der Waals surface area contributed by atoms with Gasteiger partial charge in [0.15, 0.2) is 11.5 Å². The van der Waals surface area contributed by atoms with E-state index in [1.807, 2.05) is 0 Å². The summed E-state index contributed by atoms with van der Waals surface area (Å²) in [5.41, 5.74) is 0.648. The van der Waals surface area contributed by atoms with E-state index in [0.717, 1.165) is 0 Å². The summed E-state index contributed by atoms with van der Waals surface area (Å²) in [5.74, 6) is -2.64. The van der Waals surface area contributed by atoms with Gasteiger partial charge in [0.05, 0.1) is 6.42 Å².